The Morgan fingerprint density at radius 3 is 2.92 bits per heavy atom. The molecule has 3 aromatic rings. The van der Waals surface area contributed by atoms with Crippen LogP contribution in [0.3, 0.4) is 0 Å². The van der Waals surface area contributed by atoms with Crippen LogP contribution in [0.2, 0.25) is 5.02 Å². The number of benzene rings is 1. The summed E-state index contributed by atoms with van der Waals surface area (Å²) in [6, 6.07) is 7.40. The Balaban J connectivity index is 1.70. The van der Waals surface area contributed by atoms with Gasteiger partial charge in [-0.05, 0) is 29.5 Å². The van der Waals surface area contributed by atoms with Crippen LogP contribution < -0.4 is 10.9 Å². The molecule has 3 rings (SSSR count). The van der Waals surface area contributed by atoms with Crippen LogP contribution in [0.15, 0.2) is 41.6 Å². The predicted octanol–water partition coefficient (Wildman–Crippen LogP) is 3.32. The molecular formula is C18H21ClN4O. The molecule has 0 fully saturated rings. The standard InChI is InChI=1S/C18H21ClN4O/c1-12(2)10-23-11-21-9-16(23)8-20-7-14-5-13-3-4-15(19)6-17(13)22-18(14)24/h3-6,9,11-12,20H,7-8,10H2,1-2H3,(H,22,24). The van der Waals surface area contributed by atoms with Gasteiger partial charge >= 0.3 is 0 Å². The van der Waals surface area contributed by atoms with Crippen LogP contribution in [0.25, 0.3) is 10.9 Å². The van der Waals surface area contributed by atoms with Gasteiger partial charge in [0.25, 0.3) is 5.56 Å². The SMILES string of the molecule is CC(C)Cn1cncc1CNCc1cc2ccc(Cl)cc2[nH]c1=O. The highest BCUT2D eigenvalue weighted by Crippen LogP contribution is 2.17. The molecule has 2 aromatic heterocycles. The molecule has 2 heterocycles. The minimum atomic E-state index is -0.0899. The van der Waals surface area contributed by atoms with E-state index in [2.05, 4.69) is 33.7 Å². The lowest BCUT2D eigenvalue weighted by molar-refractivity contribution is 0.500. The van der Waals surface area contributed by atoms with Gasteiger partial charge in [0.1, 0.15) is 0 Å². The van der Waals surface area contributed by atoms with Gasteiger partial charge in [-0.1, -0.05) is 31.5 Å². The number of hydrogen-bond donors (Lipinski definition) is 2. The molecule has 0 bridgehead atoms. The minimum Gasteiger partial charge on any atom is -0.333 e. The van der Waals surface area contributed by atoms with Crippen LogP contribution in [0.4, 0.5) is 0 Å². The summed E-state index contributed by atoms with van der Waals surface area (Å²) in [6.45, 7) is 6.47. The summed E-state index contributed by atoms with van der Waals surface area (Å²) in [5.74, 6) is 0.563. The maximum atomic E-state index is 12.2. The van der Waals surface area contributed by atoms with Crippen molar-refractivity contribution in [3.63, 3.8) is 0 Å². The highest BCUT2D eigenvalue weighted by Gasteiger charge is 2.06. The average Bonchev–Trinajstić information content (AvgIpc) is 2.94. The van der Waals surface area contributed by atoms with Gasteiger partial charge in [0.2, 0.25) is 0 Å². The zero-order valence-corrected chi connectivity index (χ0v) is 14.6. The first-order valence-electron chi connectivity index (χ1n) is 8.04. The van der Waals surface area contributed by atoms with Crippen molar-refractivity contribution in [2.75, 3.05) is 0 Å². The van der Waals surface area contributed by atoms with Crippen LogP contribution in [-0.4, -0.2) is 14.5 Å². The molecule has 126 valence electrons. The average molecular weight is 345 g/mol. The molecule has 0 spiro atoms. The van der Waals surface area contributed by atoms with E-state index in [1.165, 1.54) is 0 Å². The number of halogens is 1. The third kappa shape index (κ3) is 3.86. The summed E-state index contributed by atoms with van der Waals surface area (Å²) in [4.78, 5) is 19.3. The van der Waals surface area contributed by atoms with E-state index in [0.29, 0.717) is 29.6 Å². The third-order valence-corrected chi connectivity index (χ3v) is 4.10. The Morgan fingerprint density at radius 2 is 2.12 bits per heavy atom. The van der Waals surface area contributed by atoms with Crippen LogP contribution in [0.1, 0.15) is 25.1 Å². The highest BCUT2D eigenvalue weighted by molar-refractivity contribution is 6.31. The second kappa shape index (κ2) is 7.20. The molecule has 0 atom stereocenters. The summed E-state index contributed by atoms with van der Waals surface area (Å²) >= 11 is 5.96. The van der Waals surface area contributed by atoms with E-state index in [-0.39, 0.29) is 5.56 Å². The van der Waals surface area contributed by atoms with Crippen molar-refractivity contribution >= 4 is 22.5 Å². The number of aromatic amines is 1. The lowest BCUT2D eigenvalue weighted by Crippen LogP contribution is -2.22. The molecule has 0 saturated heterocycles. The Bertz CT molecular complexity index is 897. The maximum absolute atomic E-state index is 12.2. The fraction of sp³-hybridized carbons (Fsp3) is 0.333. The number of pyridine rings is 1. The quantitative estimate of drug-likeness (QED) is 0.721. The van der Waals surface area contributed by atoms with Gasteiger partial charge in [0.05, 0.1) is 12.0 Å². The van der Waals surface area contributed by atoms with Crippen LogP contribution in [0, 0.1) is 5.92 Å². The van der Waals surface area contributed by atoms with Gasteiger partial charge in [0.15, 0.2) is 0 Å². The van der Waals surface area contributed by atoms with Gasteiger partial charge in [-0.2, -0.15) is 0 Å². The van der Waals surface area contributed by atoms with Crippen LogP contribution in [0.5, 0.6) is 0 Å². The third-order valence-electron chi connectivity index (χ3n) is 3.87. The van der Waals surface area contributed by atoms with Crippen molar-refractivity contribution in [2.45, 2.75) is 33.5 Å². The topological polar surface area (TPSA) is 62.7 Å². The van der Waals surface area contributed by atoms with E-state index in [1.807, 2.05) is 30.7 Å². The monoisotopic (exact) mass is 344 g/mol. The predicted molar refractivity (Wildman–Crippen MR) is 97.2 cm³/mol. The number of hydrogen-bond acceptors (Lipinski definition) is 3. The molecule has 0 aliphatic carbocycles. The first-order valence-corrected chi connectivity index (χ1v) is 8.42. The normalized spacial score (nSPS) is 11.5. The van der Waals surface area contributed by atoms with Gasteiger partial charge in [-0.25, -0.2) is 4.98 Å². The molecule has 5 nitrogen and oxygen atoms in total. The first-order chi connectivity index (χ1) is 11.5. The van der Waals surface area contributed by atoms with Crippen molar-refractivity contribution in [1.82, 2.24) is 19.9 Å². The second-order valence-corrected chi connectivity index (χ2v) is 6.83. The lowest BCUT2D eigenvalue weighted by atomic mass is 10.1. The van der Waals surface area contributed by atoms with Crippen molar-refractivity contribution in [3.05, 3.63) is 63.4 Å². The number of nitrogens with one attached hydrogen (secondary N) is 2. The summed E-state index contributed by atoms with van der Waals surface area (Å²) in [5, 5.41) is 4.91. The maximum Gasteiger partial charge on any atom is 0.252 e. The Hall–Kier alpha value is -2.11. The number of aromatic nitrogens is 3. The number of rotatable bonds is 6. The minimum absolute atomic E-state index is 0.0899. The molecule has 0 aliphatic heterocycles. The molecule has 2 N–H and O–H groups in total. The molecule has 24 heavy (non-hydrogen) atoms. The first kappa shape index (κ1) is 16.7. The van der Waals surface area contributed by atoms with Crippen molar-refractivity contribution < 1.29 is 0 Å². The molecular weight excluding hydrogens is 324 g/mol. The van der Waals surface area contributed by atoms with E-state index in [4.69, 9.17) is 11.6 Å². The summed E-state index contributed by atoms with van der Waals surface area (Å²) in [7, 11) is 0. The molecule has 0 unspecified atom stereocenters. The van der Waals surface area contributed by atoms with Gasteiger partial charge in [-0.15, -0.1) is 0 Å². The van der Waals surface area contributed by atoms with E-state index < -0.39 is 0 Å². The van der Waals surface area contributed by atoms with E-state index in [0.717, 1.165) is 23.1 Å². The van der Waals surface area contributed by atoms with Crippen molar-refractivity contribution in [2.24, 2.45) is 5.92 Å². The molecule has 1 aromatic carbocycles. The molecule has 0 radical (unpaired) electrons. The number of fused-ring (bicyclic) bond motifs is 1. The molecule has 6 heteroatoms. The van der Waals surface area contributed by atoms with Gasteiger partial charge in [0, 0.05) is 41.9 Å². The zero-order valence-electron chi connectivity index (χ0n) is 13.8. The smallest absolute Gasteiger partial charge is 0.252 e. The van der Waals surface area contributed by atoms with Gasteiger partial charge < -0.3 is 14.9 Å². The van der Waals surface area contributed by atoms with Crippen molar-refractivity contribution in [3.8, 4) is 0 Å². The Labute approximate surface area is 145 Å². The summed E-state index contributed by atoms with van der Waals surface area (Å²) in [5.41, 5.74) is 2.49. The highest BCUT2D eigenvalue weighted by atomic mass is 35.5. The Morgan fingerprint density at radius 1 is 1.29 bits per heavy atom. The van der Waals surface area contributed by atoms with E-state index in [9.17, 15) is 4.79 Å². The van der Waals surface area contributed by atoms with E-state index in [1.54, 1.807) is 6.07 Å². The summed E-state index contributed by atoms with van der Waals surface area (Å²) < 4.78 is 2.14. The van der Waals surface area contributed by atoms with Crippen LogP contribution in [-0.2, 0) is 19.6 Å². The largest absolute Gasteiger partial charge is 0.333 e. The lowest BCUT2D eigenvalue weighted by Gasteiger charge is -2.11. The fourth-order valence-corrected chi connectivity index (χ4v) is 2.90. The number of nitrogens with zero attached hydrogens (tertiary/aromatic N) is 2. The van der Waals surface area contributed by atoms with Gasteiger partial charge in [-0.3, -0.25) is 4.79 Å². The second-order valence-electron chi connectivity index (χ2n) is 6.39. The van der Waals surface area contributed by atoms with E-state index >= 15 is 0 Å². The molecule has 0 amide bonds. The Kier molecular flexibility index (Phi) is 5.02. The summed E-state index contributed by atoms with van der Waals surface area (Å²) in [6.07, 6.45) is 3.71. The number of imidazole rings is 1. The van der Waals surface area contributed by atoms with Crippen molar-refractivity contribution in [1.29, 1.82) is 0 Å². The zero-order chi connectivity index (χ0) is 17.1. The fourth-order valence-electron chi connectivity index (χ4n) is 2.73. The number of H-pyrrole nitrogens is 1. The molecule has 0 saturated carbocycles. The van der Waals surface area contributed by atoms with Crippen LogP contribution >= 0.6 is 11.6 Å². The molecule has 0 aliphatic rings.